The summed E-state index contributed by atoms with van der Waals surface area (Å²) in [5, 5.41) is 3.33. The second-order valence-corrected chi connectivity index (χ2v) is 3.96. The Morgan fingerprint density at radius 2 is 1.94 bits per heavy atom. The third kappa shape index (κ3) is 4.27. The van der Waals surface area contributed by atoms with Crippen LogP contribution in [-0.4, -0.2) is 27.3 Å². The Balaban J connectivity index is 2.52. The lowest BCUT2D eigenvalue weighted by Gasteiger charge is -2.12. The SMILES string of the molecule is CCNCCCCc1cccc(OC)c1OC. The molecule has 3 heteroatoms. The lowest BCUT2D eigenvalue weighted by molar-refractivity contribution is 0.351. The summed E-state index contributed by atoms with van der Waals surface area (Å²) in [6, 6.07) is 6.05. The van der Waals surface area contributed by atoms with Crippen LogP contribution < -0.4 is 14.8 Å². The van der Waals surface area contributed by atoms with Crippen molar-refractivity contribution in [2.75, 3.05) is 27.3 Å². The molecular formula is C14H23NO2. The fraction of sp³-hybridized carbons (Fsp3) is 0.571. The van der Waals surface area contributed by atoms with E-state index in [9.17, 15) is 0 Å². The fourth-order valence-corrected chi connectivity index (χ4v) is 1.89. The summed E-state index contributed by atoms with van der Waals surface area (Å²) in [6.45, 7) is 4.26. The molecule has 0 saturated carbocycles. The molecule has 0 radical (unpaired) electrons. The lowest BCUT2D eigenvalue weighted by Crippen LogP contribution is -2.13. The maximum atomic E-state index is 5.40. The zero-order valence-corrected chi connectivity index (χ0v) is 11.1. The molecule has 1 aromatic carbocycles. The van der Waals surface area contributed by atoms with Crippen LogP contribution in [0.25, 0.3) is 0 Å². The first-order valence-electron chi connectivity index (χ1n) is 6.24. The number of methoxy groups -OCH3 is 2. The van der Waals surface area contributed by atoms with Crippen molar-refractivity contribution in [2.24, 2.45) is 0 Å². The van der Waals surface area contributed by atoms with Gasteiger partial charge in [-0.1, -0.05) is 19.1 Å². The maximum absolute atomic E-state index is 5.40. The summed E-state index contributed by atoms with van der Waals surface area (Å²) in [6.07, 6.45) is 3.39. The van der Waals surface area contributed by atoms with Gasteiger partial charge >= 0.3 is 0 Å². The minimum absolute atomic E-state index is 0.816. The quantitative estimate of drug-likeness (QED) is 0.705. The van der Waals surface area contributed by atoms with Gasteiger partial charge in [0.15, 0.2) is 11.5 Å². The molecule has 0 amide bonds. The second-order valence-electron chi connectivity index (χ2n) is 3.96. The average molecular weight is 237 g/mol. The van der Waals surface area contributed by atoms with Crippen molar-refractivity contribution < 1.29 is 9.47 Å². The van der Waals surface area contributed by atoms with Gasteiger partial charge in [-0.3, -0.25) is 0 Å². The molecule has 0 aromatic heterocycles. The Hall–Kier alpha value is -1.22. The van der Waals surface area contributed by atoms with E-state index < -0.39 is 0 Å². The first kappa shape index (κ1) is 13.8. The molecule has 1 rings (SSSR count). The number of rotatable bonds is 8. The van der Waals surface area contributed by atoms with Gasteiger partial charge in [-0.15, -0.1) is 0 Å². The molecule has 0 atom stereocenters. The second kappa shape index (κ2) is 7.96. The van der Waals surface area contributed by atoms with Crippen LogP contribution in [0.5, 0.6) is 11.5 Å². The van der Waals surface area contributed by atoms with Crippen molar-refractivity contribution in [2.45, 2.75) is 26.2 Å². The standard InChI is InChI=1S/C14H23NO2/c1-4-15-11-6-5-8-12-9-7-10-13(16-2)14(12)17-3/h7,9-10,15H,4-6,8,11H2,1-3H3. The van der Waals surface area contributed by atoms with E-state index in [1.807, 2.05) is 12.1 Å². The van der Waals surface area contributed by atoms with E-state index >= 15 is 0 Å². The Morgan fingerprint density at radius 1 is 1.12 bits per heavy atom. The predicted molar refractivity (Wildman–Crippen MR) is 71.0 cm³/mol. The highest BCUT2D eigenvalue weighted by Crippen LogP contribution is 2.31. The largest absolute Gasteiger partial charge is 0.493 e. The fourth-order valence-electron chi connectivity index (χ4n) is 1.89. The number of hydrogen-bond donors (Lipinski definition) is 1. The molecule has 0 aliphatic rings. The Labute approximate surface area is 104 Å². The topological polar surface area (TPSA) is 30.5 Å². The first-order valence-corrected chi connectivity index (χ1v) is 6.24. The minimum Gasteiger partial charge on any atom is -0.493 e. The molecule has 1 aromatic rings. The molecule has 0 spiro atoms. The van der Waals surface area contributed by atoms with E-state index in [0.717, 1.165) is 37.4 Å². The smallest absolute Gasteiger partial charge is 0.163 e. The molecule has 0 fully saturated rings. The van der Waals surface area contributed by atoms with Crippen LogP contribution in [0.2, 0.25) is 0 Å². The van der Waals surface area contributed by atoms with Gasteiger partial charge in [-0.2, -0.15) is 0 Å². The van der Waals surface area contributed by atoms with Crippen LogP contribution in [0.4, 0.5) is 0 Å². The van der Waals surface area contributed by atoms with E-state index in [1.165, 1.54) is 12.0 Å². The summed E-state index contributed by atoms with van der Waals surface area (Å²) < 4.78 is 10.7. The number of unbranched alkanes of at least 4 members (excludes halogenated alkanes) is 1. The van der Waals surface area contributed by atoms with E-state index in [4.69, 9.17) is 9.47 Å². The highest BCUT2D eigenvalue weighted by atomic mass is 16.5. The van der Waals surface area contributed by atoms with Crippen LogP contribution in [0.1, 0.15) is 25.3 Å². The number of hydrogen-bond acceptors (Lipinski definition) is 3. The zero-order valence-electron chi connectivity index (χ0n) is 11.1. The Bertz CT molecular complexity index is 326. The summed E-state index contributed by atoms with van der Waals surface area (Å²) >= 11 is 0. The van der Waals surface area contributed by atoms with E-state index in [2.05, 4.69) is 18.3 Å². The number of benzene rings is 1. The summed E-state index contributed by atoms with van der Waals surface area (Å²) in [5.74, 6) is 1.69. The highest BCUT2D eigenvalue weighted by molar-refractivity contribution is 5.46. The molecule has 0 bridgehead atoms. The Morgan fingerprint density at radius 3 is 2.59 bits per heavy atom. The third-order valence-electron chi connectivity index (χ3n) is 2.78. The van der Waals surface area contributed by atoms with Gasteiger partial charge in [0.2, 0.25) is 0 Å². The molecule has 0 heterocycles. The van der Waals surface area contributed by atoms with Crippen LogP contribution in [0.15, 0.2) is 18.2 Å². The molecule has 3 nitrogen and oxygen atoms in total. The van der Waals surface area contributed by atoms with Crippen molar-refractivity contribution >= 4 is 0 Å². The molecule has 0 aliphatic heterocycles. The molecule has 0 unspecified atom stereocenters. The van der Waals surface area contributed by atoms with Crippen molar-refractivity contribution in [1.29, 1.82) is 0 Å². The molecule has 96 valence electrons. The van der Waals surface area contributed by atoms with Crippen LogP contribution in [0.3, 0.4) is 0 Å². The van der Waals surface area contributed by atoms with E-state index in [0.29, 0.717) is 0 Å². The van der Waals surface area contributed by atoms with E-state index in [1.54, 1.807) is 14.2 Å². The van der Waals surface area contributed by atoms with Crippen LogP contribution in [-0.2, 0) is 6.42 Å². The first-order chi connectivity index (χ1) is 8.33. The van der Waals surface area contributed by atoms with Gasteiger partial charge in [0.05, 0.1) is 14.2 Å². The Kier molecular flexibility index (Phi) is 6.48. The number of ether oxygens (including phenoxy) is 2. The van der Waals surface area contributed by atoms with Gasteiger partial charge < -0.3 is 14.8 Å². The van der Waals surface area contributed by atoms with Crippen molar-refractivity contribution in [3.05, 3.63) is 23.8 Å². The van der Waals surface area contributed by atoms with E-state index in [-0.39, 0.29) is 0 Å². The third-order valence-corrected chi connectivity index (χ3v) is 2.78. The summed E-state index contributed by atoms with van der Waals surface area (Å²) in [5.41, 5.74) is 1.23. The monoisotopic (exact) mass is 237 g/mol. The average Bonchev–Trinajstić information content (AvgIpc) is 2.38. The number of para-hydroxylation sites is 1. The minimum atomic E-state index is 0.816. The van der Waals surface area contributed by atoms with Crippen molar-refractivity contribution in [3.63, 3.8) is 0 Å². The maximum Gasteiger partial charge on any atom is 0.163 e. The molecule has 0 saturated heterocycles. The van der Waals surface area contributed by atoms with Gasteiger partial charge in [-0.05, 0) is 44.0 Å². The number of nitrogens with one attached hydrogen (secondary N) is 1. The van der Waals surface area contributed by atoms with Crippen LogP contribution in [0, 0.1) is 0 Å². The van der Waals surface area contributed by atoms with Crippen LogP contribution >= 0.6 is 0 Å². The molecule has 0 aliphatic carbocycles. The molecule has 1 N–H and O–H groups in total. The van der Waals surface area contributed by atoms with Gasteiger partial charge in [-0.25, -0.2) is 0 Å². The molecule has 17 heavy (non-hydrogen) atoms. The predicted octanol–water partition coefficient (Wildman–Crippen LogP) is 2.64. The van der Waals surface area contributed by atoms with Gasteiger partial charge in [0, 0.05) is 0 Å². The van der Waals surface area contributed by atoms with Crippen molar-refractivity contribution in [1.82, 2.24) is 5.32 Å². The highest BCUT2D eigenvalue weighted by Gasteiger charge is 2.08. The zero-order chi connectivity index (χ0) is 12.5. The lowest BCUT2D eigenvalue weighted by atomic mass is 10.1. The van der Waals surface area contributed by atoms with Gasteiger partial charge in [0.25, 0.3) is 0 Å². The summed E-state index contributed by atoms with van der Waals surface area (Å²) in [7, 11) is 3.37. The summed E-state index contributed by atoms with van der Waals surface area (Å²) in [4.78, 5) is 0. The molecular weight excluding hydrogens is 214 g/mol. The van der Waals surface area contributed by atoms with Crippen molar-refractivity contribution in [3.8, 4) is 11.5 Å². The normalized spacial score (nSPS) is 10.3. The number of aryl methyl sites for hydroxylation is 1. The van der Waals surface area contributed by atoms with Gasteiger partial charge in [0.1, 0.15) is 0 Å².